The lowest BCUT2D eigenvalue weighted by Crippen LogP contribution is -2.39. The van der Waals surface area contributed by atoms with Crippen molar-refractivity contribution in [2.45, 2.75) is 39.2 Å². The molecule has 1 aromatic rings. The fourth-order valence-corrected chi connectivity index (χ4v) is 2.36. The standard InChI is InChI=1S/C16H23N3O2/c1-11(2)15(17)16(21)18-12-6-5-7-13(10-12)19-9-4-3-8-14(19)20/h5-7,10-11,15H,3-4,8-9,17H2,1-2H3,(H,18,21)/t15-/m0/s1. The first-order valence-corrected chi connectivity index (χ1v) is 7.46. The third kappa shape index (κ3) is 3.82. The van der Waals surface area contributed by atoms with Crippen molar-refractivity contribution in [3.8, 4) is 0 Å². The van der Waals surface area contributed by atoms with Gasteiger partial charge in [-0.1, -0.05) is 19.9 Å². The van der Waals surface area contributed by atoms with Gasteiger partial charge >= 0.3 is 0 Å². The van der Waals surface area contributed by atoms with Crippen LogP contribution in [0, 0.1) is 5.92 Å². The Balaban J connectivity index is 2.10. The molecule has 21 heavy (non-hydrogen) atoms. The van der Waals surface area contributed by atoms with Crippen molar-refractivity contribution in [2.75, 3.05) is 16.8 Å². The fourth-order valence-electron chi connectivity index (χ4n) is 2.36. The first kappa shape index (κ1) is 15.5. The summed E-state index contributed by atoms with van der Waals surface area (Å²) in [4.78, 5) is 25.7. The molecule has 1 aliphatic heterocycles. The number of amides is 2. The molecule has 0 spiro atoms. The Labute approximate surface area is 125 Å². The van der Waals surface area contributed by atoms with Gasteiger partial charge in [0, 0.05) is 24.3 Å². The third-order valence-corrected chi connectivity index (χ3v) is 3.77. The Morgan fingerprint density at radius 2 is 2.10 bits per heavy atom. The monoisotopic (exact) mass is 289 g/mol. The quantitative estimate of drug-likeness (QED) is 0.891. The second-order valence-corrected chi connectivity index (χ2v) is 5.81. The summed E-state index contributed by atoms with van der Waals surface area (Å²) in [5, 5.41) is 2.82. The molecule has 0 saturated carbocycles. The summed E-state index contributed by atoms with van der Waals surface area (Å²) < 4.78 is 0. The summed E-state index contributed by atoms with van der Waals surface area (Å²) in [6.07, 6.45) is 2.56. The largest absolute Gasteiger partial charge is 0.325 e. The zero-order chi connectivity index (χ0) is 15.4. The van der Waals surface area contributed by atoms with Crippen molar-refractivity contribution in [1.82, 2.24) is 0 Å². The van der Waals surface area contributed by atoms with Crippen LogP contribution in [0.1, 0.15) is 33.1 Å². The highest BCUT2D eigenvalue weighted by Gasteiger charge is 2.21. The van der Waals surface area contributed by atoms with E-state index in [1.165, 1.54) is 0 Å². The van der Waals surface area contributed by atoms with Crippen LogP contribution in [0.2, 0.25) is 0 Å². The molecule has 1 heterocycles. The lowest BCUT2D eigenvalue weighted by Gasteiger charge is -2.27. The van der Waals surface area contributed by atoms with E-state index >= 15 is 0 Å². The maximum Gasteiger partial charge on any atom is 0.241 e. The number of nitrogens with one attached hydrogen (secondary N) is 1. The Hall–Kier alpha value is -1.88. The number of hydrogen-bond donors (Lipinski definition) is 2. The van der Waals surface area contributed by atoms with Gasteiger partial charge in [0.2, 0.25) is 11.8 Å². The minimum atomic E-state index is -0.537. The smallest absolute Gasteiger partial charge is 0.241 e. The zero-order valence-corrected chi connectivity index (χ0v) is 12.6. The highest BCUT2D eigenvalue weighted by Crippen LogP contribution is 2.24. The van der Waals surface area contributed by atoms with Crippen LogP contribution in [0.5, 0.6) is 0 Å². The van der Waals surface area contributed by atoms with Gasteiger partial charge in [0.05, 0.1) is 6.04 Å². The molecular formula is C16H23N3O2. The van der Waals surface area contributed by atoms with Gasteiger partial charge in [0.25, 0.3) is 0 Å². The second kappa shape index (κ2) is 6.72. The lowest BCUT2D eigenvalue weighted by molar-refractivity contribution is -0.119. The predicted molar refractivity (Wildman–Crippen MR) is 84.1 cm³/mol. The van der Waals surface area contributed by atoms with Gasteiger partial charge in [-0.15, -0.1) is 0 Å². The zero-order valence-electron chi connectivity index (χ0n) is 12.6. The molecule has 1 atom stereocenters. The summed E-state index contributed by atoms with van der Waals surface area (Å²) in [6, 6.07) is 6.83. The molecular weight excluding hydrogens is 266 g/mol. The van der Waals surface area contributed by atoms with Gasteiger partial charge in [0.15, 0.2) is 0 Å². The molecule has 0 aromatic heterocycles. The average molecular weight is 289 g/mol. The topological polar surface area (TPSA) is 75.4 Å². The molecule has 5 heteroatoms. The van der Waals surface area contributed by atoms with Crippen molar-refractivity contribution in [1.29, 1.82) is 0 Å². The van der Waals surface area contributed by atoms with Gasteiger partial charge < -0.3 is 16.0 Å². The maximum atomic E-state index is 12.0. The Bertz CT molecular complexity index is 528. The summed E-state index contributed by atoms with van der Waals surface area (Å²) in [5.41, 5.74) is 7.34. The minimum absolute atomic E-state index is 0.0804. The van der Waals surface area contributed by atoms with Gasteiger partial charge in [-0.2, -0.15) is 0 Å². The first-order valence-electron chi connectivity index (χ1n) is 7.46. The number of piperidine rings is 1. The number of benzene rings is 1. The minimum Gasteiger partial charge on any atom is -0.325 e. The van der Waals surface area contributed by atoms with E-state index in [4.69, 9.17) is 5.73 Å². The number of hydrogen-bond acceptors (Lipinski definition) is 3. The van der Waals surface area contributed by atoms with Crippen LogP contribution in [-0.2, 0) is 9.59 Å². The SMILES string of the molecule is CC(C)[C@H](N)C(=O)Nc1cccc(N2CCCCC2=O)c1. The molecule has 1 fully saturated rings. The molecule has 3 N–H and O–H groups in total. The average Bonchev–Trinajstić information content (AvgIpc) is 2.47. The normalized spacial score (nSPS) is 17.0. The van der Waals surface area contributed by atoms with E-state index in [9.17, 15) is 9.59 Å². The number of carbonyl (C=O) groups excluding carboxylic acids is 2. The summed E-state index contributed by atoms with van der Waals surface area (Å²) in [7, 11) is 0. The van der Waals surface area contributed by atoms with Gasteiger partial charge in [-0.3, -0.25) is 9.59 Å². The third-order valence-electron chi connectivity index (χ3n) is 3.77. The molecule has 1 aliphatic rings. The number of carbonyl (C=O) groups is 2. The predicted octanol–water partition coefficient (Wildman–Crippen LogP) is 2.13. The van der Waals surface area contributed by atoms with Gasteiger partial charge in [-0.25, -0.2) is 0 Å². The second-order valence-electron chi connectivity index (χ2n) is 5.81. The highest BCUT2D eigenvalue weighted by atomic mass is 16.2. The summed E-state index contributed by atoms with van der Waals surface area (Å²) in [5.74, 6) is 0.0209. The van der Waals surface area contributed by atoms with Gasteiger partial charge in [0.1, 0.15) is 0 Å². The molecule has 0 bridgehead atoms. The van der Waals surface area contributed by atoms with Crippen LogP contribution in [0.4, 0.5) is 11.4 Å². The van der Waals surface area contributed by atoms with Crippen molar-refractivity contribution in [2.24, 2.45) is 11.7 Å². The van der Waals surface area contributed by atoms with E-state index in [1.54, 1.807) is 4.90 Å². The van der Waals surface area contributed by atoms with E-state index in [0.717, 1.165) is 25.1 Å². The van der Waals surface area contributed by atoms with E-state index in [0.29, 0.717) is 12.1 Å². The van der Waals surface area contributed by atoms with Crippen molar-refractivity contribution in [3.63, 3.8) is 0 Å². The summed E-state index contributed by atoms with van der Waals surface area (Å²) in [6.45, 7) is 4.56. The van der Waals surface area contributed by atoms with Crippen LogP contribution < -0.4 is 16.0 Å². The Morgan fingerprint density at radius 3 is 2.76 bits per heavy atom. The molecule has 2 rings (SSSR count). The number of nitrogens with two attached hydrogens (primary N) is 1. The highest BCUT2D eigenvalue weighted by molar-refractivity contribution is 5.97. The molecule has 114 valence electrons. The van der Waals surface area contributed by atoms with Crippen molar-refractivity contribution in [3.05, 3.63) is 24.3 Å². The molecule has 1 saturated heterocycles. The van der Waals surface area contributed by atoms with Crippen LogP contribution >= 0.6 is 0 Å². The molecule has 2 amide bonds. The van der Waals surface area contributed by atoms with Crippen LogP contribution in [0.25, 0.3) is 0 Å². The van der Waals surface area contributed by atoms with E-state index < -0.39 is 6.04 Å². The van der Waals surface area contributed by atoms with E-state index in [2.05, 4.69) is 5.32 Å². The van der Waals surface area contributed by atoms with Crippen LogP contribution in [0.3, 0.4) is 0 Å². The fraction of sp³-hybridized carbons (Fsp3) is 0.500. The molecule has 1 aromatic carbocycles. The van der Waals surface area contributed by atoms with Crippen LogP contribution in [-0.4, -0.2) is 24.4 Å². The molecule has 0 unspecified atom stereocenters. The molecule has 5 nitrogen and oxygen atoms in total. The maximum absolute atomic E-state index is 12.0. The van der Waals surface area contributed by atoms with E-state index in [1.807, 2.05) is 38.1 Å². The Kier molecular flexibility index (Phi) is 4.96. The van der Waals surface area contributed by atoms with E-state index in [-0.39, 0.29) is 17.7 Å². The number of nitrogens with zero attached hydrogens (tertiary/aromatic N) is 1. The van der Waals surface area contributed by atoms with Crippen LogP contribution in [0.15, 0.2) is 24.3 Å². The molecule has 0 aliphatic carbocycles. The molecule has 0 radical (unpaired) electrons. The summed E-state index contributed by atoms with van der Waals surface area (Å²) >= 11 is 0. The number of anilines is 2. The number of rotatable bonds is 4. The first-order chi connectivity index (χ1) is 9.99. The van der Waals surface area contributed by atoms with Crippen molar-refractivity contribution >= 4 is 23.2 Å². The van der Waals surface area contributed by atoms with Crippen molar-refractivity contribution < 1.29 is 9.59 Å². The lowest BCUT2D eigenvalue weighted by atomic mass is 10.0. The Morgan fingerprint density at radius 1 is 1.33 bits per heavy atom. The van der Waals surface area contributed by atoms with Gasteiger partial charge in [-0.05, 0) is 37.0 Å².